The predicted molar refractivity (Wildman–Crippen MR) is 188 cm³/mol. The van der Waals surface area contributed by atoms with Crippen molar-refractivity contribution in [3.05, 3.63) is 77.4 Å². The van der Waals surface area contributed by atoms with Gasteiger partial charge in [0.15, 0.2) is 0 Å². The van der Waals surface area contributed by atoms with E-state index in [2.05, 4.69) is 92.8 Å². The number of aryl methyl sites for hydroxylation is 1. The van der Waals surface area contributed by atoms with Crippen molar-refractivity contribution >= 4 is 30.0 Å². The fourth-order valence-electron chi connectivity index (χ4n) is 4.11. The lowest BCUT2D eigenvalue weighted by atomic mass is 10.0. The fourth-order valence-corrected chi connectivity index (χ4v) is 4.11. The van der Waals surface area contributed by atoms with Crippen LogP contribution in [0, 0.1) is 6.92 Å². The van der Waals surface area contributed by atoms with Gasteiger partial charge in [0, 0.05) is 31.3 Å². The number of hydrogen-bond acceptors (Lipinski definition) is 6. The summed E-state index contributed by atoms with van der Waals surface area (Å²) >= 11 is 0. The minimum atomic E-state index is 0.0719. The number of nitrogens with two attached hydrogens (primary N) is 1. The van der Waals surface area contributed by atoms with Crippen molar-refractivity contribution in [2.75, 3.05) is 33.2 Å². The third-order valence-corrected chi connectivity index (χ3v) is 6.54. The third-order valence-electron chi connectivity index (χ3n) is 6.54. The van der Waals surface area contributed by atoms with Gasteiger partial charge in [-0.2, -0.15) is 0 Å². The molecule has 0 aliphatic rings. The van der Waals surface area contributed by atoms with Crippen molar-refractivity contribution in [3.8, 4) is 0 Å². The van der Waals surface area contributed by atoms with Crippen molar-refractivity contribution < 1.29 is 14.4 Å². The van der Waals surface area contributed by atoms with Gasteiger partial charge in [-0.1, -0.05) is 90.6 Å². The number of carbonyl (C=O) groups excluding carboxylic acids is 3. The Morgan fingerprint density at radius 1 is 1.05 bits per heavy atom. The monoisotopic (exact) mass is 609 g/mol. The first-order valence-corrected chi connectivity index (χ1v) is 15.7. The quantitative estimate of drug-likeness (QED) is 0.127. The number of likely N-dealkylation sites (N-methyl/N-ethyl adjacent to an activating group) is 2. The second kappa shape index (κ2) is 27.0. The molecule has 0 radical (unpaired) electrons. The average Bonchev–Trinajstić information content (AvgIpc) is 3.02. The highest BCUT2D eigenvalue weighted by atomic mass is 16.1. The van der Waals surface area contributed by atoms with Crippen molar-refractivity contribution in [1.29, 1.82) is 0 Å². The maximum atomic E-state index is 12.5. The first kappa shape index (κ1) is 42.5. The molecule has 0 bridgehead atoms. The predicted octanol–water partition coefficient (Wildman–Crippen LogP) is 6.15. The smallest absolute Gasteiger partial charge is 0.220 e. The molecule has 8 nitrogen and oxygen atoms in total. The summed E-state index contributed by atoms with van der Waals surface area (Å²) in [5.74, 6) is 0.584. The van der Waals surface area contributed by atoms with Crippen LogP contribution in [-0.4, -0.2) is 68.5 Å². The van der Waals surface area contributed by atoms with E-state index in [-0.39, 0.29) is 18.4 Å². The molecule has 0 aliphatic carbocycles. The molecule has 2 amide bonds. The van der Waals surface area contributed by atoms with Crippen LogP contribution in [0.5, 0.6) is 0 Å². The van der Waals surface area contributed by atoms with Gasteiger partial charge < -0.3 is 16.4 Å². The van der Waals surface area contributed by atoms with Crippen molar-refractivity contribution in [3.63, 3.8) is 0 Å². The lowest BCUT2D eigenvalue weighted by Gasteiger charge is -2.18. The van der Waals surface area contributed by atoms with Crippen LogP contribution in [0.2, 0.25) is 0 Å². The summed E-state index contributed by atoms with van der Waals surface area (Å²) in [6, 6.07) is 16.8. The zero-order valence-corrected chi connectivity index (χ0v) is 28.8. The molecule has 2 aromatic rings. The molecular formula is C36H59N5O3. The Kier molecular flexibility index (Phi) is 26.1. The second-order valence-electron chi connectivity index (χ2n) is 10.4. The molecule has 8 heteroatoms. The first-order valence-electron chi connectivity index (χ1n) is 15.7. The zero-order chi connectivity index (χ0) is 33.9. The van der Waals surface area contributed by atoms with E-state index in [4.69, 9.17) is 9.79 Å². The normalized spacial score (nSPS) is 11.1. The zero-order valence-electron chi connectivity index (χ0n) is 28.8. The number of carbonyl (C=O) groups is 3. The van der Waals surface area contributed by atoms with Crippen LogP contribution in [0.3, 0.4) is 0 Å². The molecule has 1 unspecified atom stereocenters. The minimum Gasteiger partial charge on any atom is -0.372 e. The molecule has 0 aliphatic heterocycles. The van der Waals surface area contributed by atoms with E-state index >= 15 is 0 Å². The van der Waals surface area contributed by atoms with Crippen LogP contribution in [0.1, 0.15) is 83.9 Å². The minimum absolute atomic E-state index is 0.0719. The van der Waals surface area contributed by atoms with Gasteiger partial charge in [0.05, 0.1) is 5.69 Å². The SMILES string of the molecule is C=C(C=O)CN(CC)CC.CC.CNCC(Cc1ccccc1)NC(=O)CCC(C)=Nc1ccc(C(C)C)cc1C.NC=O. The van der Waals surface area contributed by atoms with Crippen LogP contribution in [0.25, 0.3) is 0 Å². The van der Waals surface area contributed by atoms with Crippen LogP contribution in [0.4, 0.5) is 5.69 Å². The van der Waals surface area contributed by atoms with Gasteiger partial charge in [0.2, 0.25) is 12.3 Å². The lowest BCUT2D eigenvalue weighted by molar-refractivity contribution is -0.121. The summed E-state index contributed by atoms with van der Waals surface area (Å²) in [4.78, 5) is 38.1. The Hall–Kier alpha value is -3.62. The molecule has 44 heavy (non-hydrogen) atoms. The number of aldehydes is 1. The maximum absolute atomic E-state index is 12.5. The van der Waals surface area contributed by atoms with Gasteiger partial charge in [-0.15, -0.1) is 0 Å². The van der Waals surface area contributed by atoms with Crippen molar-refractivity contribution in [2.45, 2.75) is 86.6 Å². The highest BCUT2D eigenvalue weighted by Gasteiger charge is 2.13. The van der Waals surface area contributed by atoms with Crippen LogP contribution < -0.4 is 16.4 Å². The summed E-state index contributed by atoms with van der Waals surface area (Å²) in [6.07, 6.45) is 3.00. The molecule has 246 valence electrons. The van der Waals surface area contributed by atoms with E-state index in [0.717, 1.165) is 43.7 Å². The number of rotatable bonds is 15. The first-order chi connectivity index (χ1) is 21.0. The van der Waals surface area contributed by atoms with E-state index in [1.807, 2.05) is 46.0 Å². The number of primary amides is 1. The van der Waals surface area contributed by atoms with Crippen molar-refractivity contribution in [1.82, 2.24) is 15.5 Å². The number of amides is 2. The summed E-state index contributed by atoms with van der Waals surface area (Å²) in [5, 5.41) is 6.33. The molecule has 0 aromatic heterocycles. The van der Waals surface area contributed by atoms with Gasteiger partial charge in [0.25, 0.3) is 0 Å². The summed E-state index contributed by atoms with van der Waals surface area (Å²) in [7, 11) is 1.91. The van der Waals surface area contributed by atoms with Gasteiger partial charge in [0.1, 0.15) is 6.29 Å². The Bertz CT molecular complexity index is 1100. The number of benzene rings is 2. The molecule has 4 N–H and O–H groups in total. The van der Waals surface area contributed by atoms with Crippen LogP contribution in [0.15, 0.2) is 65.7 Å². The maximum Gasteiger partial charge on any atom is 0.220 e. The molecule has 0 heterocycles. The molecule has 2 rings (SSSR count). The average molecular weight is 610 g/mol. The molecule has 2 aromatic carbocycles. The summed E-state index contributed by atoms with van der Waals surface area (Å²) < 4.78 is 0. The Morgan fingerprint density at radius 2 is 1.64 bits per heavy atom. The lowest BCUT2D eigenvalue weighted by Crippen LogP contribution is -2.42. The molecule has 0 fully saturated rings. The van der Waals surface area contributed by atoms with Crippen LogP contribution >= 0.6 is 0 Å². The van der Waals surface area contributed by atoms with E-state index in [9.17, 15) is 9.59 Å². The molecule has 0 saturated heterocycles. The standard InChI is InChI=1S/C25H35N3O.C8H15NO.C2H6.CH3NO/c1-18(2)22-12-13-24(19(3)15-22)27-20(4)11-14-25(29)28-23(17-26-5)16-21-9-7-6-8-10-21;1-4-9(5-2)6-8(3)7-10;1-2;2-1-3/h6-10,12-13,15,18,23,26H,11,14,16-17H2,1-5H3,(H,28,29);7H,3-6H2,1-2H3;1-2H3;1H,(H2,2,3). The molecule has 0 spiro atoms. The molecule has 1 atom stereocenters. The number of hydrogen-bond donors (Lipinski definition) is 3. The number of aliphatic imine (C=N–C) groups is 1. The molecule has 0 saturated carbocycles. The number of nitrogens with zero attached hydrogens (tertiary/aromatic N) is 2. The Balaban J connectivity index is 0. The third kappa shape index (κ3) is 20.3. The largest absolute Gasteiger partial charge is 0.372 e. The van der Waals surface area contributed by atoms with E-state index in [0.29, 0.717) is 30.9 Å². The second-order valence-corrected chi connectivity index (χ2v) is 10.4. The van der Waals surface area contributed by atoms with E-state index < -0.39 is 0 Å². The van der Waals surface area contributed by atoms with E-state index in [1.54, 1.807) is 0 Å². The fraction of sp³-hybridized carbons (Fsp3) is 0.500. The topological polar surface area (TPSA) is 117 Å². The molecular weight excluding hydrogens is 550 g/mol. The Labute approximate surface area is 267 Å². The van der Waals surface area contributed by atoms with Gasteiger partial charge in [-0.05, 0) is 81.1 Å². The summed E-state index contributed by atoms with van der Waals surface area (Å²) in [6.45, 7) is 23.6. The van der Waals surface area contributed by atoms with Crippen molar-refractivity contribution in [2.24, 2.45) is 10.7 Å². The van der Waals surface area contributed by atoms with Crippen LogP contribution in [-0.2, 0) is 20.8 Å². The number of nitrogens with one attached hydrogen (secondary N) is 2. The highest BCUT2D eigenvalue weighted by Crippen LogP contribution is 2.24. The Morgan fingerprint density at radius 3 is 2.11 bits per heavy atom. The van der Waals surface area contributed by atoms with E-state index in [1.165, 1.54) is 16.7 Å². The van der Waals surface area contributed by atoms with Gasteiger partial charge in [-0.25, -0.2) is 0 Å². The van der Waals surface area contributed by atoms with Gasteiger partial charge >= 0.3 is 0 Å². The van der Waals surface area contributed by atoms with Gasteiger partial charge in [-0.3, -0.25) is 24.3 Å². The highest BCUT2D eigenvalue weighted by molar-refractivity contribution is 5.89. The summed E-state index contributed by atoms with van der Waals surface area (Å²) in [5.41, 5.74) is 10.5.